The summed E-state index contributed by atoms with van der Waals surface area (Å²) in [6.45, 7) is 0. The van der Waals surface area contributed by atoms with E-state index >= 15 is 0 Å². The normalized spacial score (nSPS) is 19.1. The first-order valence-corrected chi connectivity index (χ1v) is 5.74. The molecular weight excluding hydrogens is 215 g/mol. The Hall–Kier alpha value is -0.830. The summed E-state index contributed by atoms with van der Waals surface area (Å²) in [5.41, 5.74) is -0.156. The van der Waals surface area contributed by atoms with E-state index in [1.54, 1.807) is 12.3 Å². The average molecular weight is 229 g/mol. The molecule has 1 fully saturated rings. The predicted molar refractivity (Wildman–Crippen MR) is 59.7 cm³/mol. The van der Waals surface area contributed by atoms with Crippen molar-refractivity contribution in [1.82, 2.24) is 4.98 Å². The number of nitrogens with one attached hydrogen (secondary N) is 1. The van der Waals surface area contributed by atoms with E-state index in [1.165, 1.54) is 6.07 Å². The summed E-state index contributed by atoms with van der Waals surface area (Å²) < 4.78 is 13.4. The third kappa shape index (κ3) is 2.23. The number of rotatable bonds is 3. The van der Waals surface area contributed by atoms with Gasteiger partial charge >= 0.3 is 0 Å². The van der Waals surface area contributed by atoms with Crippen molar-refractivity contribution in [3.63, 3.8) is 0 Å². The number of nitrogens with zero attached hydrogens (tertiary/aromatic N) is 1. The van der Waals surface area contributed by atoms with Gasteiger partial charge in [0.05, 0.1) is 5.54 Å². The number of hydrogen-bond acceptors (Lipinski definition) is 2. The van der Waals surface area contributed by atoms with Crippen LogP contribution in [-0.2, 0) is 0 Å². The van der Waals surface area contributed by atoms with Crippen LogP contribution in [0, 0.1) is 5.82 Å². The fourth-order valence-electron chi connectivity index (χ4n) is 2.07. The van der Waals surface area contributed by atoms with Crippen molar-refractivity contribution in [2.75, 3.05) is 11.2 Å². The van der Waals surface area contributed by atoms with E-state index in [0.29, 0.717) is 11.7 Å². The van der Waals surface area contributed by atoms with Gasteiger partial charge in [-0.2, -0.15) is 0 Å². The van der Waals surface area contributed by atoms with Crippen LogP contribution in [0.15, 0.2) is 18.3 Å². The molecule has 0 atom stereocenters. The maximum absolute atomic E-state index is 13.4. The van der Waals surface area contributed by atoms with Crippen molar-refractivity contribution < 1.29 is 4.39 Å². The van der Waals surface area contributed by atoms with Crippen LogP contribution in [0.1, 0.15) is 25.7 Å². The number of hydrogen-bond donors (Lipinski definition) is 1. The molecule has 0 aromatic carbocycles. The minimum Gasteiger partial charge on any atom is -0.361 e. The van der Waals surface area contributed by atoms with E-state index in [9.17, 15) is 4.39 Å². The molecule has 0 saturated heterocycles. The summed E-state index contributed by atoms with van der Waals surface area (Å²) in [7, 11) is 0. The van der Waals surface area contributed by atoms with Crippen LogP contribution in [0.2, 0.25) is 0 Å². The van der Waals surface area contributed by atoms with Crippen molar-refractivity contribution in [2.24, 2.45) is 0 Å². The molecule has 0 aliphatic heterocycles. The average Bonchev–Trinajstić information content (AvgIpc) is 2.71. The Kier molecular flexibility index (Phi) is 3.10. The Bertz CT molecular complexity index is 337. The van der Waals surface area contributed by atoms with E-state index in [2.05, 4.69) is 10.3 Å². The second-order valence-electron chi connectivity index (χ2n) is 4.08. The summed E-state index contributed by atoms with van der Waals surface area (Å²) in [5.74, 6) is 0.511. The standard InChI is InChI=1S/C11H14ClFN2/c12-8-11(5-1-2-6-11)15-10-9(13)4-3-7-14-10/h3-4,7H,1-2,5-6,8H2,(H,14,15). The maximum Gasteiger partial charge on any atom is 0.165 e. The Morgan fingerprint density at radius 3 is 2.80 bits per heavy atom. The van der Waals surface area contributed by atoms with Gasteiger partial charge < -0.3 is 5.32 Å². The molecule has 82 valence electrons. The molecule has 1 aromatic heterocycles. The zero-order valence-electron chi connectivity index (χ0n) is 8.47. The van der Waals surface area contributed by atoms with E-state index < -0.39 is 0 Å². The van der Waals surface area contributed by atoms with Gasteiger partial charge in [-0.15, -0.1) is 11.6 Å². The lowest BCUT2D eigenvalue weighted by atomic mass is 10.0. The molecule has 2 rings (SSSR count). The quantitative estimate of drug-likeness (QED) is 0.804. The van der Waals surface area contributed by atoms with Crippen LogP contribution in [0.3, 0.4) is 0 Å². The van der Waals surface area contributed by atoms with Crippen LogP contribution >= 0.6 is 11.6 Å². The Balaban J connectivity index is 2.16. The van der Waals surface area contributed by atoms with E-state index in [1.807, 2.05) is 0 Å². The first-order valence-electron chi connectivity index (χ1n) is 5.20. The monoisotopic (exact) mass is 228 g/mol. The van der Waals surface area contributed by atoms with Gasteiger partial charge in [-0.1, -0.05) is 12.8 Å². The maximum atomic E-state index is 13.4. The minimum absolute atomic E-state index is 0.156. The smallest absolute Gasteiger partial charge is 0.165 e. The van der Waals surface area contributed by atoms with Crippen molar-refractivity contribution in [3.05, 3.63) is 24.1 Å². The zero-order valence-corrected chi connectivity index (χ0v) is 9.23. The minimum atomic E-state index is -0.311. The van der Waals surface area contributed by atoms with Gasteiger partial charge in [-0.3, -0.25) is 0 Å². The third-order valence-corrected chi connectivity index (χ3v) is 3.47. The van der Waals surface area contributed by atoms with E-state index in [-0.39, 0.29) is 11.4 Å². The highest BCUT2D eigenvalue weighted by molar-refractivity contribution is 6.18. The van der Waals surface area contributed by atoms with Gasteiger partial charge in [0.25, 0.3) is 0 Å². The highest BCUT2D eigenvalue weighted by atomic mass is 35.5. The molecule has 15 heavy (non-hydrogen) atoms. The van der Waals surface area contributed by atoms with E-state index in [4.69, 9.17) is 11.6 Å². The number of anilines is 1. The topological polar surface area (TPSA) is 24.9 Å². The van der Waals surface area contributed by atoms with Gasteiger partial charge in [-0.25, -0.2) is 9.37 Å². The molecule has 0 bridgehead atoms. The number of alkyl halides is 1. The molecule has 1 aliphatic rings. The largest absolute Gasteiger partial charge is 0.361 e. The summed E-state index contributed by atoms with van der Waals surface area (Å²) in [6, 6.07) is 2.99. The molecule has 0 spiro atoms. The fourth-order valence-corrected chi connectivity index (χ4v) is 2.41. The first kappa shape index (κ1) is 10.7. The first-order chi connectivity index (χ1) is 7.26. The summed E-state index contributed by atoms with van der Waals surface area (Å²) in [5, 5.41) is 3.15. The van der Waals surface area contributed by atoms with Crippen molar-refractivity contribution in [3.8, 4) is 0 Å². The lowest BCUT2D eigenvalue weighted by Crippen LogP contribution is -2.37. The van der Waals surface area contributed by atoms with Gasteiger partial charge in [0.2, 0.25) is 0 Å². The lowest BCUT2D eigenvalue weighted by Gasteiger charge is -2.28. The molecule has 2 nitrogen and oxygen atoms in total. The van der Waals surface area contributed by atoms with Crippen molar-refractivity contribution >= 4 is 17.4 Å². The third-order valence-electron chi connectivity index (χ3n) is 2.96. The fraction of sp³-hybridized carbons (Fsp3) is 0.545. The molecular formula is C11H14ClFN2. The molecule has 0 amide bonds. The van der Waals surface area contributed by atoms with Crippen LogP contribution in [0.5, 0.6) is 0 Å². The van der Waals surface area contributed by atoms with Gasteiger partial charge in [0.1, 0.15) is 0 Å². The van der Waals surface area contributed by atoms with Gasteiger partial charge in [0, 0.05) is 12.1 Å². The molecule has 4 heteroatoms. The molecule has 0 radical (unpaired) electrons. The summed E-state index contributed by atoms with van der Waals surface area (Å²) >= 11 is 5.95. The second-order valence-corrected chi connectivity index (χ2v) is 4.35. The molecule has 1 saturated carbocycles. The molecule has 1 N–H and O–H groups in total. The number of halogens is 2. The van der Waals surface area contributed by atoms with Crippen LogP contribution in [0.25, 0.3) is 0 Å². The van der Waals surface area contributed by atoms with Gasteiger partial charge in [0.15, 0.2) is 11.6 Å². The van der Waals surface area contributed by atoms with Gasteiger partial charge in [-0.05, 0) is 25.0 Å². The number of pyridine rings is 1. The number of aromatic nitrogens is 1. The zero-order chi connectivity index (χ0) is 10.7. The highest BCUT2D eigenvalue weighted by Gasteiger charge is 2.33. The van der Waals surface area contributed by atoms with E-state index in [0.717, 1.165) is 25.7 Å². The van der Waals surface area contributed by atoms with Crippen molar-refractivity contribution in [1.29, 1.82) is 0 Å². The predicted octanol–water partition coefficient (Wildman–Crippen LogP) is 3.18. The SMILES string of the molecule is Fc1cccnc1NC1(CCl)CCCC1. The highest BCUT2D eigenvalue weighted by Crippen LogP contribution is 2.34. The van der Waals surface area contributed by atoms with Crippen LogP contribution in [-0.4, -0.2) is 16.4 Å². The summed E-state index contributed by atoms with van der Waals surface area (Å²) in [4.78, 5) is 3.99. The summed E-state index contributed by atoms with van der Waals surface area (Å²) in [6.07, 6.45) is 5.86. The molecule has 1 aromatic rings. The molecule has 1 aliphatic carbocycles. The van der Waals surface area contributed by atoms with Crippen LogP contribution in [0.4, 0.5) is 10.2 Å². The Morgan fingerprint density at radius 1 is 1.47 bits per heavy atom. The molecule has 1 heterocycles. The van der Waals surface area contributed by atoms with Crippen molar-refractivity contribution in [2.45, 2.75) is 31.2 Å². The molecule has 0 unspecified atom stereocenters. The lowest BCUT2D eigenvalue weighted by molar-refractivity contribution is 0.527. The Labute approximate surface area is 93.9 Å². The van der Waals surface area contributed by atoms with Crippen LogP contribution < -0.4 is 5.32 Å². The Morgan fingerprint density at radius 2 is 2.20 bits per heavy atom. The second kappa shape index (κ2) is 4.35.